The van der Waals surface area contributed by atoms with Gasteiger partial charge in [-0.15, -0.1) is 5.10 Å². The predicted octanol–water partition coefficient (Wildman–Crippen LogP) is 2.09. The molecule has 2 aromatic rings. The molecule has 0 spiro atoms. The van der Waals surface area contributed by atoms with Gasteiger partial charge < -0.3 is 14.5 Å². The SMILES string of the molecule is COc1cccc(CCC(=O)N2C[C@@H](F)C[C@H]2Cn2cc(C(=O)N3CCCC3)nn2)c1. The highest BCUT2D eigenvalue weighted by atomic mass is 19.1. The molecule has 2 aliphatic heterocycles. The van der Waals surface area contributed by atoms with Crippen molar-refractivity contribution < 1.29 is 18.7 Å². The van der Waals surface area contributed by atoms with Crippen molar-refractivity contribution in [2.24, 2.45) is 0 Å². The Balaban J connectivity index is 1.36. The van der Waals surface area contributed by atoms with Crippen LogP contribution in [0.5, 0.6) is 5.75 Å². The molecular weight excluding hydrogens is 401 g/mol. The van der Waals surface area contributed by atoms with E-state index in [1.54, 1.807) is 27.8 Å². The largest absolute Gasteiger partial charge is 0.497 e. The van der Waals surface area contributed by atoms with Crippen LogP contribution < -0.4 is 4.74 Å². The van der Waals surface area contributed by atoms with Gasteiger partial charge in [0.25, 0.3) is 5.91 Å². The van der Waals surface area contributed by atoms with E-state index in [4.69, 9.17) is 4.74 Å². The molecule has 9 heteroatoms. The Hall–Kier alpha value is -2.97. The number of carbonyl (C=O) groups excluding carboxylic acids is 2. The second-order valence-corrected chi connectivity index (χ2v) is 8.21. The summed E-state index contributed by atoms with van der Waals surface area (Å²) in [5.41, 5.74) is 1.30. The number of likely N-dealkylation sites (tertiary alicyclic amines) is 2. The van der Waals surface area contributed by atoms with Crippen molar-refractivity contribution in [3.63, 3.8) is 0 Å². The fourth-order valence-electron chi connectivity index (χ4n) is 4.34. The van der Waals surface area contributed by atoms with Crippen molar-refractivity contribution in [1.82, 2.24) is 24.8 Å². The molecule has 31 heavy (non-hydrogen) atoms. The zero-order chi connectivity index (χ0) is 21.8. The first-order chi connectivity index (χ1) is 15.0. The smallest absolute Gasteiger partial charge is 0.276 e. The number of benzene rings is 1. The van der Waals surface area contributed by atoms with Crippen molar-refractivity contribution in [2.75, 3.05) is 26.7 Å². The molecule has 3 heterocycles. The van der Waals surface area contributed by atoms with Gasteiger partial charge in [-0.05, 0) is 37.0 Å². The minimum absolute atomic E-state index is 0.0820. The van der Waals surface area contributed by atoms with E-state index in [2.05, 4.69) is 10.3 Å². The molecule has 0 aliphatic carbocycles. The van der Waals surface area contributed by atoms with E-state index in [1.165, 1.54) is 0 Å². The van der Waals surface area contributed by atoms with E-state index in [-0.39, 0.29) is 30.8 Å². The molecule has 2 aliphatic rings. The number of alkyl halides is 1. The Morgan fingerprint density at radius 2 is 2.06 bits per heavy atom. The normalized spacial score (nSPS) is 21.0. The van der Waals surface area contributed by atoms with Gasteiger partial charge in [0.1, 0.15) is 11.9 Å². The summed E-state index contributed by atoms with van der Waals surface area (Å²) in [6, 6.07) is 7.30. The highest BCUT2D eigenvalue weighted by Gasteiger charge is 2.35. The van der Waals surface area contributed by atoms with E-state index in [0.717, 1.165) is 37.2 Å². The first kappa shape index (κ1) is 21.3. The average Bonchev–Trinajstić information content (AvgIpc) is 3.53. The molecular formula is C22H28FN5O3. The Bertz CT molecular complexity index is 927. The van der Waals surface area contributed by atoms with E-state index in [9.17, 15) is 14.0 Å². The van der Waals surface area contributed by atoms with Crippen LogP contribution in [-0.4, -0.2) is 75.6 Å². The van der Waals surface area contributed by atoms with Crippen LogP contribution in [0.15, 0.2) is 30.5 Å². The summed E-state index contributed by atoms with van der Waals surface area (Å²) in [7, 11) is 1.61. The molecule has 4 rings (SSSR count). The Labute approximate surface area is 181 Å². The predicted molar refractivity (Wildman–Crippen MR) is 111 cm³/mol. The molecule has 8 nitrogen and oxygen atoms in total. The van der Waals surface area contributed by atoms with Crippen molar-refractivity contribution in [1.29, 1.82) is 0 Å². The molecule has 166 valence electrons. The Morgan fingerprint density at radius 1 is 1.26 bits per heavy atom. The highest BCUT2D eigenvalue weighted by Crippen LogP contribution is 2.24. The van der Waals surface area contributed by atoms with Crippen LogP contribution in [-0.2, 0) is 17.8 Å². The molecule has 1 aromatic heterocycles. The number of methoxy groups -OCH3 is 1. The standard InChI is InChI=1S/C22H28FN5O3/c1-31-19-6-4-5-16(11-19)7-8-21(29)28-13-17(23)12-18(28)14-27-15-20(24-25-27)22(30)26-9-2-3-10-26/h4-6,11,15,17-18H,2-3,7-10,12-14H2,1H3/t17-,18-/m0/s1. The Morgan fingerprint density at radius 3 is 2.84 bits per heavy atom. The van der Waals surface area contributed by atoms with Crippen molar-refractivity contribution in [3.8, 4) is 5.75 Å². The number of aryl methyl sites for hydroxylation is 1. The molecule has 2 fully saturated rings. The summed E-state index contributed by atoms with van der Waals surface area (Å²) < 4.78 is 20.9. The van der Waals surface area contributed by atoms with Crippen LogP contribution in [0.2, 0.25) is 0 Å². The molecule has 0 bridgehead atoms. The number of rotatable bonds is 7. The van der Waals surface area contributed by atoms with E-state index in [1.807, 2.05) is 24.3 Å². The van der Waals surface area contributed by atoms with Crippen molar-refractivity contribution in [3.05, 3.63) is 41.7 Å². The summed E-state index contributed by atoms with van der Waals surface area (Å²) in [5.74, 6) is 0.546. The monoisotopic (exact) mass is 429 g/mol. The van der Waals surface area contributed by atoms with Crippen LogP contribution in [0.1, 0.15) is 41.7 Å². The zero-order valence-corrected chi connectivity index (χ0v) is 17.7. The molecule has 0 radical (unpaired) electrons. The second kappa shape index (κ2) is 9.45. The van der Waals surface area contributed by atoms with Crippen molar-refractivity contribution in [2.45, 2.75) is 50.9 Å². The van der Waals surface area contributed by atoms with E-state index < -0.39 is 6.17 Å². The number of aromatic nitrogens is 3. The number of hydrogen-bond donors (Lipinski definition) is 0. The molecule has 1 aromatic carbocycles. The molecule has 2 amide bonds. The highest BCUT2D eigenvalue weighted by molar-refractivity contribution is 5.92. The lowest BCUT2D eigenvalue weighted by atomic mass is 10.1. The maximum atomic E-state index is 14.2. The minimum atomic E-state index is -1.06. The maximum Gasteiger partial charge on any atom is 0.276 e. The molecule has 0 saturated carbocycles. The Kier molecular flexibility index (Phi) is 6.48. The van der Waals surface area contributed by atoms with Gasteiger partial charge in [-0.3, -0.25) is 9.59 Å². The lowest BCUT2D eigenvalue weighted by Gasteiger charge is -2.24. The summed E-state index contributed by atoms with van der Waals surface area (Å²) in [6.07, 6.45) is 3.69. The molecule has 2 saturated heterocycles. The lowest BCUT2D eigenvalue weighted by molar-refractivity contribution is -0.132. The molecule has 0 N–H and O–H groups in total. The van der Waals surface area contributed by atoms with Gasteiger partial charge in [0.2, 0.25) is 5.91 Å². The number of halogens is 1. The third-order valence-electron chi connectivity index (χ3n) is 5.99. The fourth-order valence-corrected chi connectivity index (χ4v) is 4.34. The number of carbonyl (C=O) groups is 2. The first-order valence-corrected chi connectivity index (χ1v) is 10.8. The van der Waals surface area contributed by atoms with Gasteiger partial charge in [0, 0.05) is 25.9 Å². The fraction of sp³-hybridized carbons (Fsp3) is 0.545. The van der Waals surface area contributed by atoms with Gasteiger partial charge >= 0.3 is 0 Å². The van der Waals surface area contributed by atoms with Crippen LogP contribution in [0.25, 0.3) is 0 Å². The lowest BCUT2D eigenvalue weighted by Crippen LogP contribution is -2.38. The summed E-state index contributed by atoms with van der Waals surface area (Å²) >= 11 is 0. The second-order valence-electron chi connectivity index (χ2n) is 8.21. The summed E-state index contributed by atoms with van der Waals surface area (Å²) in [6.45, 7) is 1.91. The van der Waals surface area contributed by atoms with Gasteiger partial charge in [0.15, 0.2) is 5.69 Å². The van der Waals surface area contributed by atoms with Gasteiger partial charge in [-0.25, -0.2) is 9.07 Å². The van der Waals surface area contributed by atoms with Crippen LogP contribution in [0.3, 0.4) is 0 Å². The topological polar surface area (TPSA) is 80.6 Å². The summed E-state index contributed by atoms with van der Waals surface area (Å²) in [4.78, 5) is 28.7. The van der Waals surface area contributed by atoms with Gasteiger partial charge in [0.05, 0.1) is 32.4 Å². The quantitative estimate of drug-likeness (QED) is 0.673. The number of ether oxygens (including phenoxy) is 1. The van der Waals surface area contributed by atoms with E-state index in [0.29, 0.717) is 25.1 Å². The number of amides is 2. The number of nitrogens with zero attached hydrogens (tertiary/aromatic N) is 5. The van der Waals surface area contributed by atoms with Crippen LogP contribution in [0, 0.1) is 0 Å². The molecule has 0 unspecified atom stereocenters. The zero-order valence-electron chi connectivity index (χ0n) is 17.7. The van der Waals surface area contributed by atoms with Gasteiger partial charge in [-0.1, -0.05) is 17.3 Å². The van der Waals surface area contributed by atoms with E-state index >= 15 is 0 Å². The maximum absolute atomic E-state index is 14.2. The average molecular weight is 429 g/mol. The van der Waals surface area contributed by atoms with Gasteiger partial charge in [-0.2, -0.15) is 0 Å². The minimum Gasteiger partial charge on any atom is -0.497 e. The third-order valence-corrected chi connectivity index (χ3v) is 5.99. The summed E-state index contributed by atoms with van der Waals surface area (Å²) in [5, 5.41) is 8.05. The van der Waals surface area contributed by atoms with Crippen LogP contribution in [0.4, 0.5) is 4.39 Å². The first-order valence-electron chi connectivity index (χ1n) is 10.8. The van der Waals surface area contributed by atoms with Crippen molar-refractivity contribution >= 4 is 11.8 Å². The third kappa shape index (κ3) is 5.03. The van der Waals surface area contributed by atoms with Crippen LogP contribution >= 0.6 is 0 Å². The molecule has 2 atom stereocenters. The number of hydrogen-bond acceptors (Lipinski definition) is 5.